The van der Waals surface area contributed by atoms with E-state index in [4.69, 9.17) is 0 Å². The molecular weight excluding hydrogens is 250 g/mol. The molecule has 0 saturated heterocycles. The predicted molar refractivity (Wildman–Crippen MR) is 80.7 cm³/mol. The third-order valence-corrected chi connectivity index (χ3v) is 5.44. The van der Waals surface area contributed by atoms with Crippen molar-refractivity contribution in [2.24, 2.45) is 5.92 Å². The van der Waals surface area contributed by atoms with Crippen molar-refractivity contribution in [3.63, 3.8) is 0 Å². The minimum atomic E-state index is 0.604. The summed E-state index contributed by atoms with van der Waals surface area (Å²) in [6, 6.07) is 14.0. The highest BCUT2D eigenvalue weighted by Gasteiger charge is 2.34. The molecular formula is C17H19NS. The van der Waals surface area contributed by atoms with E-state index in [1.54, 1.807) is 11.1 Å². The number of rotatable bonds is 5. The Bertz CT molecular complexity index is 556. The molecule has 2 atom stereocenters. The van der Waals surface area contributed by atoms with E-state index in [0.717, 1.165) is 18.4 Å². The van der Waals surface area contributed by atoms with Crippen molar-refractivity contribution in [2.75, 3.05) is 6.54 Å². The molecule has 2 aromatic rings. The summed E-state index contributed by atoms with van der Waals surface area (Å²) < 4.78 is 0. The van der Waals surface area contributed by atoms with Crippen LogP contribution in [-0.4, -0.2) is 6.54 Å². The highest BCUT2D eigenvalue weighted by atomic mass is 32.1. The Morgan fingerprint density at radius 3 is 2.79 bits per heavy atom. The maximum atomic E-state index is 3.84. The van der Waals surface area contributed by atoms with E-state index in [0.29, 0.717) is 6.04 Å². The second kappa shape index (κ2) is 4.77. The van der Waals surface area contributed by atoms with Gasteiger partial charge in [-0.3, -0.25) is 0 Å². The van der Waals surface area contributed by atoms with Gasteiger partial charge < -0.3 is 5.32 Å². The van der Waals surface area contributed by atoms with Crippen molar-refractivity contribution < 1.29 is 0 Å². The molecule has 1 N–H and O–H groups in total. The summed E-state index contributed by atoms with van der Waals surface area (Å²) in [5.41, 5.74) is 3.11. The van der Waals surface area contributed by atoms with Gasteiger partial charge in [-0.15, -0.1) is 11.3 Å². The van der Waals surface area contributed by atoms with Crippen molar-refractivity contribution >= 4 is 11.3 Å². The molecule has 2 aliphatic carbocycles. The molecule has 1 nitrogen and oxygen atoms in total. The molecule has 1 heterocycles. The first-order valence-electron chi connectivity index (χ1n) is 7.26. The summed E-state index contributed by atoms with van der Waals surface area (Å²) in [5, 5.41) is 6.04. The lowest BCUT2D eigenvalue weighted by molar-refractivity contribution is 0.442. The predicted octanol–water partition coefficient (Wildman–Crippen LogP) is 4.13. The Kier molecular flexibility index (Phi) is 2.93. The van der Waals surface area contributed by atoms with Crippen LogP contribution >= 0.6 is 11.3 Å². The molecule has 0 spiro atoms. The standard InChI is InChI=1S/C17H19NS/c1-2-5-15-13(4-1)10-14(15)11-18-17(12-7-8-12)16-6-3-9-19-16/h1-6,9,12,14,17-18H,7-8,10-11H2. The van der Waals surface area contributed by atoms with Gasteiger partial charge in [0.15, 0.2) is 0 Å². The van der Waals surface area contributed by atoms with E-state index < -0.39 is 0 Å². The fourth-order valence-electron chi connectivity index (χ4n) is 3.21. The van der Waals surface area contributed by atoms with Crippen LogP contribution in [0, 0.1) is 5.92 Å². The molecule has 1 aromatic heterocycles. The third kappa shape index (κ3) is 2.24. The first kappa shape index (κ1) is 11.7. The van der Waals surface area contributed by atoms with Gasteiger partial charge in [-0.25, -0.2) is 0 Å². The van der Waals surface area contributed by atoms with E-state index in [2.05, 4.69) is 47.1 Å². The number of fused-ring (bicyclic) bond motifs is 1. The van der Waals surface area contributed by atoms with Gasteiger partial charge in [-0.05, 0) is 47.8 Å². The molecule has 4 rings (SSSR count). The fraction of sp³-hybridized carbons (Fsp3) is 0.412. The zero-order valence-electron chi connectivity index (χ0n) is 11.0. The molecule has 19 heavy (non-hydrogen) atoms. The van der Waals surface area contributed by atoms with Crippen LogP contribution in [0.3, 0.4) is 0 Å². The van der Waals surface area contributed by atoms with E-state index in [1.807, 2.05) is 11.3 Å². The summed E-state index contributed by atoms with van der Waals surface area (Å²) in [6.07, 6.45) is 4.05. The molecule has 2 unspecified atom stereocenters. The largest absolute Gasteiger partial charge is 0.308 e. The van der Waals surface area contributed by atoms with E-state index in [9.17, 15) is 0 Å². The van der Waals surface area contributed by atoms with E-state index in [1.165, 1.54) is 24.1 Å². The van der Waals surface area contributed by atoms with Crippen LogP contribution in [-0.2, 0) is 6.42 Å². The fourth-order valence-corrected chi connectivity index (χ4v) is 4.11. The van der Waals surface area contributed by atoms with Gasteiger partial charge in [0, 0.05) is 23.4 Å². The number of hydrogen-bond donors (Lipinski definition) is 1. The van der Waals surface area contributed by atoms with Gasteiger partial charge in [-0.2, -0.15) is 0 Å². The minimum absolute atomic E-state index is 0.604. The topological polar surface area (TPSA) is 12.0 Å². The van der Waals surface area contributed by atoms with Crippen LogP contribution < -0.4 is 5.32 Å². The quantitative estimate of drug-likeness (QED) is 0.860. The lowest BCUT2D eigenvalue weighted by Crippen LogP contribution is -2.32. The Labute approximate surface area is 118 Å². The summed E-state index contributed by atoms with van der Waals surface area (Å²) in [4.78, 5) is 1.52. The monoisotopic (exact) mass is 269 g/mol. The Morgan fingerprint density at radius 2 is 2.05 bits per heavy atom. The molecule has 0 bridgehead atoms. The molecule has 0 aliphatic heterocycles. The van der Waals surface area contributed by atoms with Crippen molar-refractivity contribution in [3.05, 3.63) is 57.8 Å². The van der Waals surface area contributed by atoms with Gasteiger partial charge >= 0.3 is 0 Å². The first-order chi connectivity index (χ1) is 9.42. The minimum Gasteiger partial charge on any atom is -0.308 e. The van der Waals surface area contributed by atoms with Crippen molar-refractivity contribution in [1.82, 2.24) is 5.32 Å². The second-order valence-electron chi connectivity index (χ2n) is 5.84. The molecule has 98 valence electrons. The molecule has 1 saturated carbocycles. The summed E-state index contributed by atoms with van der Waals surface area (Å²) in [7, 11) is 0. The Balaban J connectivity index is 1.42. The normalized spacial score (nSPS) is 22.6. The third-order valence-electron chi connectivity index (χ3n) is 4.49. The maximum absolute atomic E-state index is 3.84. The average Bonchev–Trinajstić information content (AvgIpc) is 3.10. The molecule has 1 fully saturated rings. The van der Waals surface area contributed by atoms with Gasteiger partial charge in [0.1, 0.15) is 0 Å². The zero-order chi connectivity index (χ0) is 12.7. The Hall–Kier alpha value is -1.12. The summed E-state index contributed by atoms with van der Waals surface area (Å²) in [5.74, 6) is 1.62. The van der Waals surface area contributed by atoms with Gasteiger partial charge in [0.2, 0.25) is 0 Å². The molecule has 2 aliphatic rings. The Morgan fingerprint density at radius 1 is 1.16 bits per heavy atom. The summed E-state index contributed by atoms with van der Waals surface area (Å²) in [6.45, 7) is 1.14. The number of hydrogen-bond acceptors (Lipinski definition) is 2. The van der Waals surface area contributed by atoms with Gasteiger partial charge in [-0.1, -0.05) is 30.3 Å². The van der Waals surface area contributed by atoms with Crippen LogP contribution in [0.25, 0.3) is 0 Å². The lowest BCUT2D eigenvalue weighted by atomic mass is 9.77. The zero-order valence-corrected chi connectivity index (χ0v) is 11.8. The molecule has 0 radical (unpaired) electrons. The van der Waals surface area contributed by atoms with E-state index >= 15 is 0 Å². The van der Waals surface area contributed by atoms with Crippen molar-refractivity contribution in [2.45, 2.75) is 31.2 Å². The van der Waals surface area contributed by atoms with Crippen LogP contribution in [0.2, 0.25) is 0 Å². The summed E-state index contributed by atoms with van der Waals surface area (Å²) >= 11 is 1.90. The average molecular weight is 269 g/mol. The van der Waals surface area contributed by atoms with Crippen LogP contribution in [0.1, 0.15) is 40.8 Å². The van der Waals surface area contributed by atoms with Crippen LogP contribution in [0.4, 0.5) is 0 Å². The van der Waals surface area contributed by atoms with Crippen molar-refractivity contribution in [1.29, 1.82) is 0 Å². The smallest absolute Gasteiger partial charge is 0.0443 e. The maximum Gasteiger partial charge on any atom is 0.0443 e. The first-order valence-corrected chi connectivity index (χ1v) is 8.14. The second-order valence-corrected chi connectivity index (χ2v) is 6.82. The number of thiophene rings is 1. The molecule has 1 aromatic carbocycles. The SMILES string of the molecule is c1csc(C(NCC2Cc3ccccc32)C2CC2)c1. The van der Waals surface area contributed by atoms with Crippen LogP contribution in [0.5, 0.6) is 0 Å². The highest BCUT2D eigenvalue weighted by molar-refractivity contribution is 7.10. The van der Waals surface area contributed by atoms with E-state index in [-0.39, 0.29) is 0 Å². The highest BCUT2D eigenvalue weighted by Crippen LogP contribution is 2.43. The van der Waals surface area contributed by atoms with Gasteiger partial charge in [0.05, 0.1) is 0 Å². The van der Waals surface area contributed by atoms with Crippen molar-refractivity contribution in [3.8, 4) is 0 Å². The molecule has 0 amide bonds. The number of benzene rings is 1. The molecule has 2 heteroatoms. The van der Waals surface area contributed by atoms with Crippen LogP contribution in [0.15, 0.2) is 41.8 Å². The lowest BCUT2D eigenvalue weighted by Gasteiger charge is -2.32. The van der Waals surface area contributed by atoms with Gasteiger partial charge in [0.25, 0.3) is 0 Å². The number of nitrogens with one attached hydrogen (secondary N) is 1.